The molecule has 2 N–H and O–H groups in total. The molecule has 3 unspecified atom stereocenters. The lowest BCUT2D eigenvalue weighted by Gasteiger charge is -2.49. The van der Waals surface area contributed by atoms with E-state index in [2.05, 4.69) is 44.6 Å². The maximum atomic E-state index is 7.32. The topological polar surface area (TPSA) is 51.0 Å². The van der Waals surface area contributed by atoms with Crippen LogP contribution in [0, 0.1) is 5.92 Å². The van der Waals surface area contributed by atoms with Gasteiger partial charge in [-0.2, -0.15) is 5.06 Å². The fourth-order valence-corrected chi connectivity index (χ4v) is 6.70. The third kappa shape index (κ3) is 3.17. The number of hydroxylamine groups is 2. The third-order valence-electron chi connectivity index (χ3n) is 7.22. The molecule has 3 fully saturated rings. The first-order valence-corrected chi connectivity index (χ1v) is 11.3. The molecule has 1 aliphatic carbocycles. The van der Waals surface area contributed by atoms with Crippen LogP contribution in [0.1, 0.15) is 73.1 Å². The van der Waals surface area contributed by atoms with Gasteiger partial charge in [0, 0.05) is 24.5 Å². The maximum absolute atomic E-state index is 7.32. The molecular formula is C21H40ClN3O2. The largest absolute Gasteiger partial charge is 0.379 e. The molecule has 2 heterocycles. The number of morpholine rings is 1. The van der Waals surface area contributed by atoms with Crippen LogP contribution in [-0.4, -0.2) is 64.5 Å². The van der Waals surface area contributed by atoms with E-state index in [1.807, 2.05) is 0 Å². The number of hydrogen-bond donors (Lipinski definition) is 1. The molecule has 0 amide bonds. The standard InChI is InChI=1S/C21H40ClN3O2/c1-6-7-8-9-10-11-14-27-25-18(2,3)17-20(22,19(25,4)5)21(17,23)24-12-15-26-16-13-24/h17H,6-16,23H2,1-5H3. The molecule has 27 heavy (non-hydrogen) atoms. The van der Waals surface area contributed by atoms with E-state index in [1.165, 1.54) is 32.1 Å². The van der Waals surface area contributed by atoms with Crippen LogP contribution in [-0.2, 0) is 9.57 Å². The Morgan fingerprint density at radius 3 is 2.19 bits per heavy atom. The normalized spacial score (nSPS) is 38.1. The predicted molar refractivity (Wildman–Crippen MR) is 111 cm³/mol. The van der Waals surface area contributed by atoms with E-state index in [0.29, 0.717) is 0 Å². The summed E-state index contributed by atoms with van der Waals surface area (Å²) in [7, 11) is 0. The van der Waals surface area contributed by atoms with Crippen molar-refractivity contribution in [3.05, 3.63) is 0 Å². The highest BCUT2D eigenvalue weighted by Gasteiger charge is 2.92. The molecule has 5 nitrogen and oxygen atoms in total. The molecular weight excluding hydrogens is 362 g/mol. The van der Waals surface area contributed by atoms with E-state index in [1.54, 1.807) is 0 Å². The summed E-state index contributed by atoms with van der Waals surface area (Å²) in [6.07, 6.45) is 7.59. The predicted octanol–water partition coefficient (Wildman–Crippen LogP) is 3.75. The van der Waals surface area contributed by atoms with Gasteiger partial charge in [-0.3, -0.25) is 9.74 Å². The molecule has 158 valence electrons. The summed E-state index contributed by atoms with van der Waals surface area (Å²) in [5.41, 5.74) is 5.96. The number of rotatable bonds is 9. The second-order valence-corrected chi connectivity index (χ2v) is 10.3. The molecule has 0 spiro atoms. The van der Waals surface area contributed by atoms with Crippen molar-refractivity contribution in [3.63, 3.8) is 0 Å². The van der Waals surface area contributed by atoms with Crippen LogP contribution in [0.5, 0.6) is 0 Å². The monoisotopic (exact) mass is 401 g/mol. The smallest absolute Gasteiger partial charge is 0.104 e. The highest BCUT2D eigenvalue weighted by Crippen LogP contribution is 2.75. The number of alkyl halides is 1. The Bertz CT molecular complexity index is 524. The lowest BCUT2D eigenvalue weighted by Crippen LogP contribution is -2.66. The van der Waals surface area contributed by atoms with Gasteiger partial charge in [-0.1, -0.05) is 39.0 Å². The lowest BCUT2D eigenvalue weighted by atomic mass is 9.94. The van der Waals surface area contributed by atoms with Crippen LogP contribution in [0.25, 0.3) is 0 Å². The van der Waals surface area contributed by atoms with Gasteiger partial charge in [-0.25, -0.2) is 0 Å². The second kappa shape index (κ2) is 7.73. The molecule has 0 aromatic heterocycles. The highest BCUT2D eigenvalue weighted by molar-refractivity contribution is 6.29. The van der Waals surface area contributed by atoms with E-state index < -0.39 is 10.5 Å². The Kier molecular flexibility index (Phi) is 6.24. The van der Waals surface area contributed by atoms with Crippen LogP contribution in [0.4, 0.5) is 0 Å². The summed E-state index contributed by atoms with van der Waals surface area (Å²) in [4.78, 5) is 8.17. The minimum atomic E-state index is -0.512. The van der Waals surface area contributed by atoms with Gasteiger partial charge < -0.3 is 10.5 Å². The van der Waals surface area contributed by atoms with Gasteiger partial charge >= 0.3 is 0 Å². The van der Waals surface area contributed by atoms with E-state index in [9.17, 15) is 0 Å². The van der Waals surface area contributed by atoms with E-state index >= 15 is 0 Å². The van der Waals surface area contributed by atoms with Crippen molar-refractivity contribution in [1.82, 2.24) is 9.96 Å². The van der Waals surface area contributed by atoms with Crippen molar-refractivity contribution in [1.29, 1.82) is 0 Å². The van der Waals surface area contributed by atoms with Crippen molar-refractivity contribution in [2.45, 2.75) is 94.8 Å². The molecule has 0 aromatic rings. The van der Waals surface area contributed by atoms with E-state index in [0.717, 1.165) is 39.3 Å². The van der Waals surface area contributed by atoms with Crippen molar-refractivity contribution in [2.24, 2.45) is 11.7 Å². The molecule has 3 atom stereocenters. The first kappa shape index (κ1) is 21.8. The van der Waals surface area contributed by atoms with Crippen molar-refractivity contribution < 1.29 is 9.57 Å². The van der Waals surface area contributed by atoms with Gasteiger partial charge in [0.15, 0.2) is 0 Å². The van der Waals surface area contributed by atoms with Gasteiger partial charge in [0.25, 0.3) is 0 Å². The highest BCUT2D eigenvalue weighted by atomic mass is 35.5. The second-order valence-electron chi connectivity index (χ2n) is 9.68. The zero-order valence-corrected chi connectivity index (χ0v) is 18.8. The minimum Gasteiger partial charge on any atom is -0.379 e. The van der Waals surface area contributed by atoms with Crippen LogP contribution >= 0.6 is 11.6 Å². The van der Waals surface area contributed by atoms with Gasteiger partial charge in [0.2, 0.25) is 0 Å². The molecule has 0 bridgehead atoms. The molecule has 3 aliphatic rings. The first-order valence-electron chi connectivity index (χ1n) is 10.9. The number of unbranched alkanes of at least 4 members (excludes halogenated alkanes) is 5. The van der Waals surface area contributed by atoms with Crippen LogP contribution in [0.3, 0.4) is 0 Å². The summed E-state index contributed by atoms with van der Waals surface area (Å²) in [6.45, 7) is 15.0. The Balaban J connectivity index is 1.63. The molecule has 0 radical (unpaired) electrons. The van der Waals surface area contributed by atoms with Gasteiger partial charge in [-0.15, -0.1) is 11.6 Å². The minimum absolute atomic E-state index is 0.164. The molecule has 0 aromatic carbocycles. The maximum Gasteiger partial charge on any atom is 0.104 e. The fourth-order valence-electron chi connectivity index (χ4n) is 6.01. The number of ether oxygens (including phenoxy) is 1. The summed E-state index contributed by atoms with van der Waals surface area (Å²) < 4.78 is 5.53. The van der Waals surface area contributed by atoms with E-state index in [4.69, 9.17) is 26.9 Å². The van der Waals surface area contributed by atoms with Crippen LogP contribution < -0.4 is 5.73 Å². The lowest BCUT2D eigenvalue weighted by molar-refractivity contribution is -0.260. The summed E-state index contributed by atoms with van der Waals surface area (Å²) in [5, 5.41) is 2.16. The number of nitrogens with two attached hydrogens (primary N) is 1. The Morgan fingerprint density at radius 2 is 1.63 bits per heavy atom. The number of halogens is 1. The average molecular weight is 402 g/mol. The SMILES string of the molecule is CCCCCCCCON1C(C)(C)C2C(N)(N3CCOCC3)C2(Cl)C1(C)C. The third-order valence-corrected chi connectivity index (χ3v) is 8.20. The summed E-state index contributed by atoms with van der Waals surface area (Å²) in [5.74, 6) is 0.164. The Morgan fingerprint density at radius 1 is 1.04 bits per heavy atom. The Labute approximate surface area is 170 Å². The van der Waals surface area contributed by atoms with Gasteiger partial charge in [0.1, 0.15) is 4.87 Å². The summed E-state index contributed by atoms with van der Waals surface area (Å²) in [6, 6.07) is 0. The number of fused-ring (bicyclic) bond motifs is 1. The first-order chi connectivity index (χ1) is 12.7. The van der Waals surface area contributed by atoms with Gasteiger partial charge in [-0.05, 0) is 34.1 Å². The molecule has 3 rings (SSSR count). The van der Waals surface area contributed by atoms with Gasteiger partial charge in [0.05, 0.1) is 31.0 Å². The Hall–Kier alpha value is 0.0900. The zero-order chi connectivity index (χ0) is 19.9. The van der Waals surface area contributed by atoms with E-state index in [-0.39, 0.29) is 17.0 Å². The molecule has 6 heteroatoms. The summed E-state index contributed by atoms with van der Waals surface area (Å²) >= 11 is 7.32. The number of piperidine rings is 1. The molecule has 2 saturated heterocycles. The van der Waals surface area contributed by atoms with Crippen molar-refractivity contribution in [2.75, 3.05) is 32.9 Å². The van der Waals surface area contributed by atoms with Crippen molar-refractivity contribution in [3.8, 4) is 0 Å². The van der Waals surface area contributed by atoms with Crippen LogP contribution in [0.15, 0.2) is 0 Å². The zero-order valence-electron chi connectivity index (χ0n) is 18.0. The van der Waals surface area contributed by atoms with Crippen LogP contribution in [0.2, 0.25) is 0 Å². The fraction of sp³-hybridized carbons (Fsp3) is 1.00. The van der Waals surface area contributed by atoms with Crippen molar-refractivity contribution >= 4 is 11.6 Å². The number of hydrogen-bond acceptors (Lipinski definition) is 5. The molecule has 2 aliphatic heterocycles. The molecule has 1 saturated carbocycles. The average Bonchev–Trinajstić information content (AvgIpc) is 3.13. The quantitative estimate of drug-likeness (QED) is 0.471. The number of nitrogens with zero attached hydrogens (tertiary/aromatic N) is 2.